The molecule has 2 aromatic heterocycles. The highest BCUT2D eigenvalue weighted by molar-refractivity contribution is 5.88. The minimum atomic E-state index is -0.150. The molecule has 1 N–H and O–H groups in total. The van der Waals surface area contributed by atoms with Crippen LogP contribution in [0, 0.1) is 0 Å². The van der Waals surface area contributed by atoms with E-state index in [1.807, 2.05) is 29.0 Å². The Balaban J connectivity index is 1.52. The highest BCUT2D eigenvalue weighted by Gasteiger charge is 2.20. The van der Waals surface area contributed by atoms with Crippen LogP contribution in [0.1, 0.15) is 12.0 Å². The lowest BCUT2D eigenvalue weighted by atomic mass is 10.3. The lowest BCUT2D eigenvalue weighted by Crippen LogP contribution is -2.38. The van der Waals surface area contributed by atoms with E-state index in [0.29, 0.717) is 18.2 Å². The van der Waals surface area contributed by atoms with Gasteiger partial charge in [0.1, 0.15) is 0 Å². The molecule has 2 amide bonds. The van der Waals surface area contributed by atoms with Crippen LogP contribution in [0.25, 0.3) is 0 Å². The van der Waals surface area contributed by atoms with Crippen molar-refractivity contribution in [1.82, 2.24) is 29.8 Å². The molecule has 0 saturated carbocycles. The third kappa shape index (κ3) is 4.66. The van der Waals surface area contributed by atoms with E-state index in [9.17, 15) is 4.79 Å². The number of anilines is 1. The largest absolute Gasteiger partial charge is 0.480 e. The summed E-state index contributed by atoms with van der Waals surface area (Å²) >= 11 is 0. The van der Waals surface area contributed by atoms with E-state index in [4.69, 9.17) is 4.74 Å². The minimum Gasteiger partial charge on any atom is -0.480 e. The molecule has 134 valence electrons. The SMILES string of the molecule is COc1ccc(NC(=O)N2CCCN(Cc3cnn(C)c3)CC2)nn1. The van der Waals surface area contributed by atoms with Crippen molar-refractivity contribution < 1.29 is 9.53 Å². The van der Waals surface area contributed by atoms with E-state index in [2.05, 4.69) is 25.5 Å². The van der Waals surface area contributed by atoms with Crippen LogP contribution in [0.2, 0.25) is 0 Å². The number of hydrogen-bond acceptors (Lipinski definition) is 6. The predicted molar refractivity (Wildman–Crippen MR) is 92.3 cm³/mol. The maximum atomic E-state index is 12.4. The summed E-state index contributed by atoms with van der Waals surface area (Å²) in [5, 5.41) is 14.8. The molecule has 9 heteroatoms. The van der Waals surface area contributed by atoms with Gasteiger partial charge in [-0.25, -0.2) is 4.79 Å². The molecule has 1 aliphatic rings. The molecule has 0 aliphatic carbocycles. The molecule has 0 atom stereocenters. The van der Waals surface area contributed by atoms with Crippen molar-refractivity contribution in [2.45, 2.75) is 13.0 Å². The zero-order chi connectivity index (χ0) is 17.6. The summed E-state index contributed by atoms with van der Waals surface area (Å²) in [6.07, 6.45) is 4.84. The number of aryl methyl sites for hydroxylation is 1. The van der Waals surface area contributed by atoms with Gasteiger partial charge in [0.15, 0.2) is 5.82 Å². The fraction of sp³-hybridized carbons (Fsp3) is 0.500. The minimum absolute atomic E-state index is 0.150. The highest BCUT2D eigenvalue weighted by Crippen LogP contribution is 2.11. The van der Waals surface area contributed by atoms with Crippen molar-refractivity contribution in [1.29, 1.82) is 0 Å². The summed E-state index contributed by atoms with van der Waals surface area (Å²) in [5.74, 6) is 0.834. The highest BCUT2D eigenvalue weighted by atomic mass is 16.5. The lowest BCUT2D eigenvalue weighted by molar-refractivity contribution is 0.211. The molecule has 25 heavy (non-hydrogen) atoms. The van der Waals surface area contributed by atoms with Crippen LogP contribution >= 0.6 is 0 Å². The summed E-state index contributed by atoms with van der Waals surface area (Å²) in [6.45, 7) is 4.04. The average Bonchev–Trinajstić information content (AvgIpc) is 2.88. The van der Waals surface area contributed by atoms with Crippen LogP contribution in [-0.2, 0) is 13.6 Å². The van der Waals surface area contributed by atoms with Crippen molar-refractivity contribution in [3.8, 4) is 5.88 Å². The number of ether oxygens (including phenoxy) is 1. The monoisotopic (exact) mass is 345 g/mol. The Kier molecular flexibility index (Phi) is 5.44. The van der Waals surface area contributed by atoms with Gasteiger partial charge in [-0.1, -0.05) is 0 Å². The topological polar surface area (TPSA) is 88.4 Å². The van der Waals surface area contributed by atoms with Gasteiger partial charge in [0.25, 0.3) is 0 Å². The first-order valence-corrected chi connectivity index (χ1v) is 8.27. The van der Waals surface area contributed by atoms with Crippen molar-refractivity contribution in [2.75, 3.05) is 38.6 Å². The van der Waals surface area contributed by atoms with E-state index in [0.717, 1.165) is 32.6 Å². The predicted octanol–water partition coefficient (Wildman–Crippen LogP) is 0.958. The van der Waals surface area contributed by atoms with Gasteiger partial charge >= 0.3 is 6.03 Å². The van der Waals surface area contributed by atoms with Crippen molar-refractivity contribution in [2.24, 2.45) is 7.05 Å². The fourth-order valence-electron chi connectivity index (χ4n) is 2.83. The lowest BCUT2D eigenvalue weighted by Gasteiger charge is -2.21. The molecule has 0 aromatic carbocycles. The Labute approximate surface area is 146 Å². The smallest absolute Gasteiger partial charge is 0.323 e. The number of carbonyl (C=O) groups excluding carboxylic acids is 1. The Bertz CT molecular complexity index is 701. The van der Waals surface area contributed by atoms with Crippen LogP contribution in [0.3, 0.4) is 0 Å². The summed E-state index contributed by atoms with van der Waals surface area (Å²) in [5.41, 5.74) is 1.19. The van der Waals surface area contributed by atoms with Gasteiger partial charge in [0.05, 0.1) is 13.3 Å². The van der Waals surface area contributed by atoms with Crippen LogP contribution in [0.5, 0.6) is 5.88 Å². The molecular formula is C16H23N7O2. The molecule has 1 fully saturated rings. The van der Waals surface area contributed by atoms with Gasteiger partial charge in [-0.05, 0) is 12.5 Å². The van der Waals surface area contributed by atoms with Gasteiger partial charge in [-0.15, -0.1) is 10.2 Å². The number of hydrogen-bond donors (Lipinski definition) is 1. The summed E-state index contributed by atoms with van der Waals surface area (Å²) < 4.78 is 6.77. The molecular weight excluding hydrogens is 322 g/mol. The zero-order valence-corrected chi connectivity index (χ0v) is 14.6. The molecule has 0 bridgehead atoms. The molecule has 0 spiro atoms. The molecule has 0 radical (unpaired) electrons. The van der Waals surface area contributed by atoms with Crippen molar-refractivity contribution in [3.05, 3.63) is 30.1 Å². The summed E-state index contributed by atoms with van der Waals surface area (Å²) in [4.78, 5) is 16.6. The molecule has 2 aromatic rings. The maximum Gasteiger partial charge on any atom is 0.323 e. The van der Waals surface area contributed by atoms with Crippen molar-refractivity contribution >= 4 is 11.8 Å². The molecule has 9 nitrogen and oxygen atoms in total. The van der Waals surface area contributed by atoms with Gasteiger partial charge < -0.3 is 9.64 Å². The second-order valence-corrected chi connectivity index (χ2v) is 6.03. The first-order chi connectivity index (χ1) is 12.1. The van der Waals surface area contributed by atoms with Crippen LogP contribution in [0.15, 0.2) is 24.5 Å². The Hall–Kier alpha value is -2.68. The second-order valence-electron chi connectivity index (χ2n) is 6.03. The van der Waals surface area contributed by atoms with E-state index >= 15 is 0 Å². The normalized spacial score (nSPS) is 15.7. The van der Waals surface area contributed by atoms with E-state index in [1.165, 1.54) is 12.7 Å². The van der Waals surface area contributed by atoms with E-state index in [-0.39, 0.29) is 6.03 Å². The molecule has 3 heterocycles. The third-order valence-corrected chi connectivity index (χ3v) is 4.12. The summed E-state index contributed by atoms with van der Waals surface area (Å²) in [6, 6.07) is 3.19. The van der Waals surface area contributed by atoms with Gasteiger partial charge in [-0.3, -0.25) is 14.9 Å². The van der Waals surface area contributed by atoms with Crippen LogP contribution < -0.4 is 10.1 Å². The standard InChI is InChI=1S/C16H23N7O2/c1-21-11-13(10-17-21)12-22-6-3-7-23(9-8-22)16(24)18-14-4-5-15(25-2)20-19-14/h4-5,10-11H,3,6-9,12H2,1-2H3,(H,18,19,24). The maximum absolute atomic E-state index is 12.4. The number of carbonyl (C=O) groups is 1. The number of amides is 2. The van der Waals surface area contributed by atoms with E-state index in [1.54, 1.807) is 12.1 Å². The number of nitrogens with zero attached hydrogens (tertiary/aromatic N) is 6. The molecule has 1 aliphatic heterocycles. The van der Waals surface area contributed by atoms with Gasteiger partial charge in [-0.2, -0.15) is 5.10 Å². The number of nitrogens with one attached hydrogen (secondary N) is 1. The Morgan fingerprint density at radius 1 is 1.24 bits per heavy atom. The first kappa shape index (κ1) is 17.2. The van der Waals surface area contributed by atoms with Crippen LogP contribution in [-0.4, -0.2) is 69.1 Å². The molecule has 1 saturated heterocycles. The zero-order valence-electron chi connectivity index (χ0n) is 14.6. The first-order valence-electron chi connectivity index (χ1n) is 8.27. The quantitative estimate of drug-likeness (QED) is 0.888. The fourth-order valence-corrected chi connectivity index (χ4v) is 2.83. The van der Waals surface area contributed by atoms with Gasteiger partial charge in [0, 0.05) is 57.6 Å². The van der Waals surface area contributed by atoms with Crippen molar-refractivity contribution in [3.63, 3.8) is 0 Å². The number of methoxy groups -OCH3 is 1. The number of aromatic nitrogens is 4. The third-order valence-electron chi connectivity index (χ3n) is 4.12. The van der Waals surface area contributed by atoms with Crippen LogP contribution in [0.4, 0.5) is 10.6 Å². The number of urea groups is 1. The van der Waals surface area contributed by atoms with E-state index < -0.39 is 0 Å². The molecule has 0 unspecified atom stereocenters. The number of rotatable bonds is 4. The molecule has 3 rings (SSSR count). The Morgan fingerprint density at radius 3 is 2.80 bits per heavy atom. The summed E-state index contributed by atoms with van der Waals surface area (Å²) in [7, 11) is 3.44. The Morgan fingerprint density at radius 2 is 2.12 bits per heavy atom. The average molecular weight is 345 g/mol. The second kappa shape index (κ2) is 7.93. The van der Waals surface area contributed by atoms with Gasteiger partial charge in [0.2, 0.25) is 5.88 Å².